The van der Waals surface area contributed by atoms with Gasteiger partial charge in [0.15, 0.2) is 0 Å². The van der Waals surface area contributed by atoms with Crippen molar-refractivity contribution in [1.82, 2.24) is 0 Å². The molecule has 1 heterocycles. The Hall–Kier alpha value is -1.14. The van der Waals surface area contributed by atoms with Gasteiger partial charge in [-0.15, -0.1) is 0 Å². The van der Waals surface area contributed by atoms with E-state index < -0.39 is 8.07 Å². The highest BCUT2D eigenvalue weighted by Gasteiger charge is 2.95. The summed E-state index contributed by atoms with van der Waals surface area (Å²) in [6, 6.07) is 0. The number of hydrogen-bond donors (Lipinski definition) is 0. The number of carbonyl (C=O) groups excluding carboxylic acids is 2. The molecule has 5 aliphatic rings. The average molecular weight is 362 g/mol. The molecule has 1 aliphatic heterocycles. The number of methoxy groups -OCH3 is 2. The molecule has 4 aliphatic carbocycles. The van der Waals surface area contributed by atoms with Crippen molar-refractivity contribution in [2.75, 3.05) is 14.2 Å². The number of epoxide rings is 1. The van der Waals surface area contributed by atoms with E-state index in [1.165, 1.54) is 33.5 Å². The predicted octanol–water partition coefficient (Wildman–Crippen LogP) is 2.53. The van der Waals surface area contributed by atoms with E-state index in [9.17, 15) is 9.59 Å². The van der Waals surface area contributed by atoms with E-state index in [2.05, 4.69) is 19.6 Å². The molecule has 5 rings (SSSR count). The maximum atomic E-state index is 12.7. The van der Waals surface area contributed by atoms with Crippen LogP contribution in [0.2, 0.25) is 25.2 Å². The van der Waals surface area contributed by atoms with Crippen molar-refractivity contribution in [3.05, 3.63) is 11.1 Å². The van der Waals surface area contributed by atoms with Crippen LogP contribution >= 0.6 is 0 Å². The lowest BCUT2D eigenvalue weighted by atomic mass is 9.69. The molecular formula is C19H26O5Si. The minimum absolute atomic E-state index is 0.0148. The molecule has 4 fully saturated rings. The van der Waals surface area contributed by atoms with Crippen molar-refractivity contribution >= 4 is 20.0 Å². The van der Waals surface area contributed by atoms with Crippen LogP contribution in [0.1, 0.15) is 19.3 Å². The Morgan fingerprint density at radius 1 is 0.960 bits per heavy atom. The fourth-order valence-electron chi connectivity index (χ4n) is 7.48. The van der Waals surface area contributed by atoms with Crippen LogP contribution in [0.3, 0.4) is 0 Å². The van der Waals surface area contributed by atoms with Crippen LogP contribution in [0.25, 0.3) is 0 Å². The van der Waals surface area contributed by atoms with Gasteiger partial charge in [0.2, 0.25) is 0 Å². The molecule has 0 radical (unpaired) electrons. The number of fused-ring (bicyclic) bond motifs is 4. The van der Waals surface area contributed by atoms with Gasteiger partial charge >= 0.3 is 11.9 Å². The fraction of sp³-hybridized carbons (Fsp3) is 0.789. The van der Waals surface area contributed by atoms with Crippen LogP contribution in [0.15, 0.2) is 11.1 Å². The van der Waals surface area contributed by atoms with Crippen molar-refractivity contribution in [3.8, 4) is 0 Å². The molecule has 0 spiro atoms. The van der Waals surface area contributed by atoms with Crippen molar-refractivity contribution < 1.29 is 23.8 Å². The van der Waals surface area contributed by atoms with Gasteiger partial charge in [0.1, 0.15) is 11.2 Å². The molecule has 5 nitrogen and oxygen atoms in total. The normalized spacial score (nSPS) is 48.4. The minimum atomic E-state index is -1.65. The predicted molar refractivity (Wildman–Crippen MR) is 92.5 cm³/mol. The molecule has 6 unspecified atom stereocenters. The topological polar surface area (TPSA) is 65.1 Å². The molecule has 6 atom stereocenters. The first kappa shape index (κ1) is 16.1. The zero-order valence-electron chi connectivity index (χ0n) is 15.5. The highest BCUT2D eigenvalue weighted by molar-refractivity contribution is 6.78. The lowest BCUT2D eigenvalue weighted by molar-refractivity contribution is -0.140. The van der Waals surface area contributed by atoms with E-state index in [0.717, 1.165) is 0 Å². The number of hydrogen-bond acceptors (Lipinski definition) is 5. The Labute approximate surface area is 149 Å². The van der Waals surface area contributed by atoms with Gasteiger partial charge in [-0.05, 0) is 36.6 Å². The van der Waals surface area contributed by atoms with Crippen molar-refractivity contribution in [3.63, 3.8) is 0 Å². The van der Waals surface area contributed by atoms with Crippen LogP contribution < -0.4 is 0 Å². The first-order valence-corrected chi connectivity index (χ1v) is 12.9. The highest BCUT2D eigenvalue weighted by atomic mass is 28.3. The Morgan fingerprint density at radius 2 is 1.40 bits per heavy atom. The summed E-state index contributed by atoms with van der Waals surface area (Å²) < 4.78 is 16.8. The van der Waals surface area contributed by atoms with Crippen molar-refractivity contribution in [2.45, 2.75) is 55.6 Å². The Morgan fingerprint density at radius 3 is 1.76 bits per heavy atom. The standard InChI is InChI=1S/C19H26O5Si/c1-22-16(20)11-12(17(21)23-2)14-15(25(3,4)5)13(11)18-9-6-7-10(8-9)19(14,18)24-18/h9-10,13-15H,6-8H2,1-5H3. The molecule has 136 valence electrons. The molecule has 4 bridgehead atoms. The van der Waals surface area contributed by atoms with Gasteiger partial charge in [0.05, 0.1) is 25.4 Å². The fourth-order valence-corrected chi connectivity index (χ4v) is 10.3. The first-order chi connectivity index (χ1) is 11.8. The number of rotatable bonds is 3. The Balaban J connectivity index is 1.75. The zero-order chi connectivity index (χ0) is 17.9. The number of ether oxygens (including phenoxy) is 3. The van der Waals surface area contributed by atoms with Crippen molar-refractivity contribution in [2.24, 2.45) is 23.7 Å². The van der Waals surface area contributed by atoms with E-state index in [-0.39, 0.29) is 35.0 Å². The van der Waals surface area contributed by atoms with E-state index in [1.54, 1.807) is 0 Å². The third-order valence-electron chi connectivity index (χ3n) is 7.92. The molecule has 25 heavy (non-hydrogen) atoms. The summed E-state index contributed by atoms with van der Waals surface area (Å²) in [6.45, 7) is 7.05. The Kier molecular flexibility index (Phi) is 2.82. The second-order valence-electron chi connectivity index (χ2n) is 9.55. The maximum absolute atomic E-state index is 12.7. The second-order valence-corrected chi connectivity index (χ2v) is 15.0. The lowest BCUT2D eigenvalue weighted by Crippen LogP contribution is -2.42. The zero-order valence-corrected chi connectivity index (χ0v) is 16.5. The van der Waals surface area contributed by atoms with Gasteiger partial charge in [-0.1, -0.05) is 19.6 Å². The van der Waals surface area contributed by atoms with E-state index in [4.69, 9.17) is 14.2 Å². The summed E-state index contributed by atoms with van der Waals surface area (Å²) >= 11 is 0. The van der Waals surface area contributed by atoms with Crippen LogP contribution in [0.5, 0.6) is 0 Å². The van der Waals surface area contributed by atoms with Crippen LogP contribution in [-0.4, -0.2) is 45.4 Å². The van der Waals surface area contributed by atoms with Gasteiger partial charge in [-0.2, -0.15) is 0 Å². The van der Waals surface area contributed by atoms with Crippen molar-refractivity contribution in [1.29, 1.82) is 0 Å². The molecule has 0 aromatic rings. The first-order valence-electron chi connectivity index (χ1n) is 9.36. The van der Waals surface area contributed by atoms with E-state index >= 15 is 0 Å². The maximum Gasteiger partial charge on any atom is 0.334 e. The molecule has 0 aromatic heterocycles. The third-order valence-corrected chi connectivity index (χ3v) is 10.6. The van der Waals surface area contributed by atoms with Gasteiger partial charge in [0, 0.05) is 19.9 Å². The summed E-state index contributed by atoms with van der Waals surface area (Å²) in [4.78, 5) is 25.5. The number of esters is 2. The van der Waals surface area contributed by atoms with Crippen LogP contribution in [0.4, 0.5) is 0 Å². The smallest absolute Gasteiger partial charge is 0.334 e. The van der Waals surface area contributed by atoms with Gasteiger partial charge in [-0.3, -0.25) is 0 Å². The summed E-state index contributed by atoms with van der Waals surface area (Å²) in [5.41, 5.74) is 1.10. The molecule has 1 saturated heterocycles. The summed E-state index contributed by atoms with van der Waals surface area (Å²) in [7, 11) is 1.16. The average Bonchev–Trinajstić information content (AvgIpc) is 2.92. The van der Waals surface area contributed by atoms with Gasteiger partial charge < -0.3 is 14.2 Å². The summed E-state index contributed by atoms with van der Waals surface area (Å²) in [5, 5.41) is 0. The van der Waals surface area contributed by atoms with Gasteiger partial charge in [-0.25, -0.2) is 9.59 Å². The molecule has 0 aromatic carbocycles. The summed E-state index contributed by atoms with van der Waals surface area (Å²) in [6.07, 6.45) is 3.57. The SMILES string of the molecule is COC(=O)C1=C(C(=O)OC)C2C([Si](C)(C)C)C1C13OC21C1CCC3C1. The molecule has 6 heteroatoms. The lowest BCUT2D eigenvalue weighted by Gasteiger charge is -2.36. The summed E-state index contributed by atoms with van der Waals surface area (Å²) in [5.74, 6) is 0.368. The molecule has 0 N–H and O–H groups in total. The molecule has 0 amide bonds. The second kappa shape index (κ2) is 4.39. The largest absolute Gasteiger partial charge is 0.466 e. The number of carbonyl (C=O) groups is 2. The monoisotopic (exact) mass is 362 g/mol. The molecule has 3 saturated carbocycles. The Bertz CT molecular complexity index is 685. The van der Waals surface area contributed by atoms with E-state index in [1.807, 2.05) is 0 Å². The van der Waals surface area contributed by atoms with Crippen LogP contribution in [-0.2, 0) is 23.8 Å². The minimum Gasteiger partial charge on any atom is -0.466 e. The van der Waals surface area contributed by atoms with E-state index in [0.29, 0.717) is 28.5 Å². The quantitative estimate of drug-likeness (QED) is 0.438. The molecular weight excluding hydrogens is 336 g/mol. The van der Waals surface area contributed by atoms with Crippen LogP contribution in [0, 0.1) is 23.7 Å². The van der Waals surface area contributed by atoms with Gasteiger partial charge in [0.25, 0.3) is 0 Å². The highest BCUT2D eigenvalue weighted by Crippen LogP contribution is 2.88. The third kappa shape index (κ3) is 1.45.